The highest BCUT2D eigenvalue weighted by Crippen LogP contribution is 2.26. The molecular weight excluding hydrogens is 238 g/mol. The first-order chi connectivity index (χ1) is 9.17. The summed E-state index contributed by atoms with van der Waals surface area (Å²) >= 11 is 0. The molecule has 1 rings (SSSR count). The van der Waals surface area contributed by atoms with Crippen LogP contribution in [0.25, 0.3) is 0 Å². The summed E-state index contributed by atoms with van der Waals surface area (Å²) < 4.78 is 5.03. The molecule has 0 saturated carbocycles. The van der Waals surface area contributed by atoms with Crippen LogP contribution < -0.4 is 10.1 Å². The minimum Gasteiger partial charge on any atom is -0.504 e. The number of unbranched alkanes of at least 4 members (excludes halogenated alkanes) is 3. The molecule has 0 saturated heterocycles. The van der Waals surface area contributed by atoms with Crippen molar-refractivity contribution >= 4 is 0 Å². The molecule has 1 aromatic rings. The van der Waals surface area contributed by atoms with Gasteiger partial charge < -0.3 is 15.2 Å². The Hall–Kier alpha value is -1.22. The Bertz CT molecular complexity index is 366. The normalized spacial score (nSPS) is 12.4. The minimum atomic E-state index is 0.206. The van der Waals surface area contributed by atoms with Crippen molar-refractivity contribution in [2.75, 3.05) is 7.11 Å². The van der Waals surface area contributed by atoms with Gasteiger partial charge in [0.05, 0.1) is 7.11 Å². The first-order valence-corrected chi connectivity index (χ1v) is 7.26. The average molecular weight is 265 g/mol. The lowest BCUT2D eigenvalue weighted by Crippen LogP contribution is -2.25. The van der Waals surface area contributed by atoms with E-state index >= 15 is 0 Å². The second-order valence-corrected chi connectivity index (χ2v) is 5.14. The number of hydrogen-bond donors (Lipinski definition) is 2. The second-order valence-electron chi connectivity index (χ2n) is 5.14. The molecule has 3 nitrogen and oxygen atoms in total. The predicted molar refractivity (Wildman–Crippen MR) is 79.7 cm³/mol. The Morgan fingerprint density at radius 3 is 2.68 bits per heavy atom. The highest BCUT2D eigenvalue weighted by atomic mass is 16.5. The topological polar surface area (TPSA) is 41.5 Å². The zero-order valence-electron chi connectivity index (χ0n) is 12.4. The van der Waals surface area contributed by atoms with Crippen LogP contribution in [0.5, 0.6) is 11.5 Å². The summed E-state index contributed by atoms with van der Waals surface area (Å²) in [5.74, 6) is 0.730. The third-order valence-electron chi connectivity index (χ3n) is 3.39. The summed E-state index contributed by atoms with van der Waals surface area (Å²) in [7, 11) is 1.56. The van der Waals surface area contributed by atoms with Gasteiger partial charge in [-0.05, 0) is 31.0 Å². The maximum Gasteiger partial charge on any atom is 0.160 e. The molecule has 1 atom stereocenters. The molecule has 1 unspecified atom stereocenters. The van der Waals surface area contributed by atoms with Crippen LogP contribution in [-0.2, 0) is 6.54 Å². The Balaban J connectivity index is 2.29. The lowest BCUT2D eigenvalue weighted by atomic mass is 10.1. The molecule has 0 heterocycles. The van der Waals surface area contributed by atoms with E-state index in [1.807, 2.05) is 6.07 Å². The molecule has 3 heteroatoms. The van der Waals surface area contributed by atoms with E-state index in [2.05, 4.69) is 19.2 Å². The zero-order chi connectivity index (χ0) is 14.1. The van der Waals surface area contributed by atoms with Crippen LogP contribution in [0, 0.1) is 0 Å². The van der Waals surface area contributed by atoms with E-state index in [1.54, 1.807) is 19.2 Å². The molecule has 0 fully saturated rings. The Morgan fingerprint density at radius 1 is 1.26 bits per heavy atom. The van der Waals surface area contributed by atoms with E-state index < -0.39 is 0 Å². The van der Waals surface area contributed by atoms with E-state index in [0.717, 1.165) is 12.1 Å². The number of benzene rings is 1. The summed E-state index contributed by atoms with van der Waals surface area (Å²) in [5, 5.41) is 13.2. The lowest BCUT2D eigenvalue weighted by molar-refractivity contribution is 0.372. The first-order valence-electron chi connectivity index (χ1n) is 7.26. The van der Waals surface area contributed by atoms with Gasteiger partial charge in [0.15, 0.2) is 11.5 Å². The molecule has 0 amide bonds. The van der Waals surface area contributed by atoms with Crippen molar-refractivity contribution in [1.82, 2.24) is 5.32 Å². The van der Waals surface area contributed by atoms with Crippen molar-refractivity contribution in [3.05, 3.63) is 23.8 Å². The van der Waals surface area contributed by atoms with Gasteiger partial charge in [0.1, 0.15) is 0 Å². The SMILES string of the molecule is CCCCCCC(C)NCc1ccc(OC)c(O)c1. The number of hydrogen-bond acceptors (Lipinski definition) is 3. The summed E-state index contributed by atoms with van der Waals surface area (Å²) in [6, 6.07) is 6.06. The molecule has 0 bridgehead atoms. The quantitative estimate of drug-likeness (QED) is 0.666. The van der Waals surface area contributed by atoms with E-state index in [-0.39, 0.29) is 5.75 Å². The number of methoxy groups -OCH3 is 1. The van der Waals surface area contributed by atoms with Crippen molar-refractivity contribution in [1.29, 1.82) is 0 Å². The van der Waals surface area contributed by atoms with Crippen LogP contribution in [0.2, 0.25) is 0 Å². The smallest absolute Gasteiger partial charge is 0.160 e. The summed E-state index contributed by atoms with van der Waals surface area (Å²) in [6.45, 7) is 5.24. The number of aromatic hydroxyl groups is 1. The highest BCUT2D eigenvalue weighted by molar-refractivity contribution is 5.41. The van der Waals surface area contributed by atoms with Gasteiger partial charge >= 0.3 is 0 Å². The van der Waals surface area contributed by atoms with Gasteiger partial charge in [-0.15, -0.1) is 0 Å². The van der Waals surface area contributed by atoms with E-state index in [0.29, 0.717) is 11.8 Å². The maximum atomic E-state index is 9.70. The number of nitrogens with one attached hydrogen (secondary N) is 1. The summed E-state index contributed by atoms with van der Waals surface area (Å²) in [6.07, 6.45) is 6.44. The van der Waals surface area contributed by atoms with Crippen molar-refractivity contribution in [3.63, 3.8) is 0 Å². The van der Waals surface area contributed by atoms with Crippen LogP contribution in [0.4, 0.5) is 0 Å². The van der Waals surface area contributed by atoms with Crippen LogP contribution in [0.15, 0.2) is 18.2 Å². The molecule has 0 aliphatic heterocycles. The Labute approximate surface area is 117 Å². The molecule has 0 aromatic heterocycles. The Kier molecular flexibility index (Phi) is 7.34. The van der Waals surface area contributed by atoms with E-state index in [4.69, 9.17) is 4.74 Å². The van der Waals surface area contributed by atoms with E-state index in [1.165, 1.54) is 32.1 Å². The fourth-order valence-corrected chi connectivity index (χ4v) is 2.12. The molecule has 0 aliphatic carbocycles. The minimum absolute atomic E-state index is 0.206. The predicted octanol–water partition coefficient (Wildman–Crippen LogP) is 3.85. The molecule has 0 spiro atoms. The van der Waals surface area contributed by atoms with Crippen LogP contribution in [0.1, 0.15) is 51.5 Å². The fraction of sp³-hybridized carbons (Fsp3) is 0.625. The number of rotatable bonds is 9. The number of phenolic OH excluding ortho intramolecular Hbond substituents is 1. The van der Waals surface area contributed by atoms with Gasteiger partial charge in [0.2, 0.25) is 0 Å². The number of ether oxygens (including phenoxy) is 1. The largest absolute Gasteiger partial charge is 0.504 e. The van der Waals surface area contributed by atoms with Gasteiger partial charge in [0, 0.05) is 12.6 Å². The van der Waals surface area contributed by atoms with Crippen molar-refractivity contribution < 1.29 is 9.84 Å². The van der Waals surface area contributed by atoms with Gasteiger partial charge in [-0.2, -0.15) is 0 Å². The molecular formula is C16H27NO2. The monoisotopic (exact) mass is 265 g/mol. The third-order valence-corrected chi connectivity index (χ3v) is 3.39. The van der Waals surface area contributed by atoms with Gasteiger partial charge in [-0.3, -0.25) is 0 Å². The van der Waals surface area contributed by atoms with E-state index in [9.17, 15) is 5.11 Å². The highest BCUT2D eigenvalue weighted by Gasteiger charge is 2.04. The molecule has 0 radical (unpaired) electrons. The van der Waals surface area contributed by atoms with Gasteiger partial charge in [0.25, 0.3) is 0 Å². The molecule has 108 valence electrons. The molecule has 0 aliphatic rings. The summed E-state index contributed by atoms with van der Waals surface area (Å²) in [5.41, 5.74) is 1.08. The third kappa shape index (κ3) is 5.97. The standard InChI is InChI=1S/C16H27NO2/c1-4-5-6-7-8-13(2)17-12-14-9-10-16(19-3)15(18)11-14/h9-11,13,17-18H,4-8,12H2,1-3H3. The molecule has 1 aromatic carbocycles. The van der Waals surface area contributed by atoms with Crippen molar-refractivity contribution in [3.8, 4) is 11.5 Å². The molecule has 19 heavy (non-hydrogen) atoms. The zero-order valence-corrected chi connectivity index (χ0v) is 12.4. The van der Waals surface area contributed by atoms with Gasteiger partial charge in [-0.25, -0.2) is 0 Å². The summed E-state index contributed by atoms with van der Waals surface area (Å²) in [4.78, 5) is 0. The van der Waals surface area contributed by atoms with Crippen LogP contribution >= 0.6 is 0 Å². The second kappa shape index (κ2) is 8.81. The van der Waals surface area contributed by atoms with Crippen molar-refractivity contribution in [2.24, 2.45) is 0 Å². The Morgan fingerprint density at radius 2 is 2.05 bits per heavy atom. The van der Waals surface area contributed by atoms with Crippen molar-refractivity contribution in [2.45, 2.75) is 58.5 Å². The molecule has 2 N–H and O–H groups in total. The van der Waals surface area contributed by atoms with Crippen LogP contribution in [0.3, 0.4) is 0 Å². The number of phenols is 1. The lowest BCUT2D eigenvalue weighted by Gasteiger charge is -2.14. The fourth-order valence-electron chi connectivity index (χ4n) is 2.12. The maximum absolute atomic E-state index is 9.70. The van der Waals surface area contributed by atoms with Crippen LogP contribution in [-0.4, -0.2) is 18.3 Å². The first kappa shape index (κ1) is 15.8. The van der Waals surface area contributed by atoms with Gasteiger partial charge in [-0.1, -0.05) is 38.7 Å². The average Bonchev–Trinajstić information content (AvgIpc) is 2.41.